The van der Waals surface area contributed by atoms with Crippen LogP contribution in [0.25, 0.3) is 0 Å². The second-order valence-electron chi connectivity index (χ2n) is 4.01. The van der Waals surface area contributed by atoms with Gasteiger partial charge in [0.2, 0.25) is 5.91 Å². The monoisotopic (exact) mass is 285 g/mol. The second kappa shape index (κ2) is 6.60. The van der Waals surface area contributed by atoms with Crippen molar-refractivity contribution in [3.63, 3.8) is 0 Å². The molecule has 1 rings (SSSR count). The number of nitrogens with zero attached hydrogens (tertiary/aromatic N) is 2. The van der Waals surface area contributed by atoms with Crippen molar-refractivity contribution >= 4 is 29.1 Å². The molecule has 0 saturated heterocycles. The fourth-order valence-corrected chi connectivity index (χ4v) is 1.83. The summed E-state index contributed by atoms with van der Waals surface area (Å²) in [7, 11) is 3.54. The Bertz CT molecular complexity index is 483. The lowest BCUT2D eigenvalue weighted by Gasteiger charge is -2.16. The number of hydrogen-bond acceptors (Lipinski definition) is 3. The highest BCUT2D eigenvalue weighted by Crippen LogP contribution is 2.29. The summed E-state index contributed by atoms with van der Waals surface area (Å²) in [5.74, 6) is -0.248. The van der Waals surface area contributed by atoms with Crippen molar-refractivity contribution in [3.05, 3.63) is 33.8 Å². The van der Waals surface area contributed by atoms with E-state index in [0.717, 1.165) is 0 Å². The predicted molar refractivity (Wildman–Crippen MR) is 71.5 cm³/mol. The second-order valence-corrected chi connectivity index (χ2v) is 4.80. The normalized spacial score (nSPS) is 12.0. The molecule has 1 amide bonds. The number of nitrogens with one attached hydrogen (secondary N) is 1. The van der Waals surface area contributed by atoms with Gasteiger partial charge in [-0.2, -0.15) is 5.26 Å². The summed E-state index contributed by atoms with van der Waals surface area (Å²) in [4.78, 5) is 13.3. The van der Waals surface area contributed by atoms with E-state index in [1.807, 2.05) is 6.07 Å². The van der Waals surface area contributed by atoms with E-state index in [1.54, 1.807) is 37.2 Å². The Labute approximate surface area is 116 Å². The summed E-state index contributed by atoms with van der Waals surface area (Å²) in [6.07, 6.45) is 0. The number of halogens is 2. The maximum absolute atomic E-state index is 11.6. The largest absolute Gasteiger partial charge is 0.335 e. The fourth-order valence-electron chi connectivity index (χ4n) is 1.42. The van der Waals surface area contributed by atoms with Gasteiger partial charge in [0.05, 0.1) is 22.7 Å². The minimum atomic E-state index is -0.802. The van der Waals surface area contributed by atoms with Crippen LogP contribution >= 0.6 is 23.2 Å². The zero-order chi connectivity index (χ0) is 13.7. The van der Waals surface area contributed by atoms with Crippen molar-refractivity contribution < 1.29 is 4.79 Å². The van der Waals surface area contributed by atoms with Gasteiger partial charge >= 0.3 is 0 Å². The predicted octanol–water partition coefficient (Wildman–Crippen LogP) is 2.24. The molecule has 0 aliphatic carbocycles. The quantitative estimate of drug-likeness (QED) is 0.923. The van der Waals surface area contributed by atoms with Gasteiger partial charge in [0.15, 0.2) is 0 Å². The van der Waals surface area contributed by atoms with E-state index < -0.39 is 6.04 Å². The van der Waals surface area contributed by atoms with E-state index in [9.17, 15) is 4.79 Å². The minimum Gasteiger partial charge on any atom is -0.335 e. The lowest BCUT2D eigenvalue weighted by Crippen LogP contribution is -2.35. The molecule has 0 heterocycles. The summed E-state index contributed by atoms with van der Waals surface area (Å²) in [6, 6.07) is 6.17. The summed E-state index contributed by atoms with van der Waals surface area (Å²) >= 11 is 11.9. The van der Waals surface area contributed by atoms with Crippen LogP contribution in [-0.4, -0.2) is 31.4 Å². The number of amides is 1. The molecule has 0 aliphatic rings. The Kier molecular flexibility index (Phi) is 5.42. The Hall–Kier alpha value is -1.28. The summed E-state index contributed by atoms with van der Waals surface area (Å²) in [6.45, 7) is 0.205. The smallest absolute Gasteiger partial charge is 0.235 e. The van der Waals surface area contributed by atoms with Gasteiger partial charge in [0, 0.05) is 5.56 Å². The molecule has 1 N–H and O–H groups in total. The molecule has 0 spiro atoms. The summed E-state index contributed by atoms with van der Waals surface area (Å²) < 4.78 is 0. The zero-order valence-corrected chi connectivity index (χ0v) is 11.6. The van der Waals surface area contributed by atoms with Gasteiger partial charge in [-0.15, -0.1) is 0 Å². The molecule has 96 valence electrons. The van der Waals surface area contributed by atoms with Crippen LogP contribution in [0.4, 0.5) is 0 Å². The topological polar surface area (TPSA) is 56.1 Å². The molecule has 0 aliphatic heterocycles. The average molecular weight is 286 g/mol. The van der Waals surface area contributed by atoms with Crippen LogP contribution in [0, 0.1) is 11.3 Å². The van der Waals surface area contributed by atoms with Crippen LogP contribution in [0.15, 0.2) is 18.2 Å². The first-order chi connectivity index (χ1) is 8.45. The number of nitriles is 1. The first-order valence-electron chi connectivity index (χ1n) is 5.23. The maximum Gasteiger partial charge on any atom is 0.235 e. The van der Waals surface area contributed by atoms with Gasteiger partial charge in [-0.25, -0.2) is 0 Å². The van der Waals surface area contributed by atoms with Crippen molar-refractivity contribution in [1.82, 2.24) is 10.2 Å². The Balaban J connectivity index is 2.88. The molecule has 0 fully saturated rings. The average Bonchev–Trinajstić information content (AvgIpc) is 2.29. The summed E-state index contributed by atoms with van der Waals surface area (Å²) in [5.41, 5.74) is 0.499. The third kappa shape index (κ3) is 3.88. The molecule has 1 atom stereocenters. The molecule has 18 heavy (non-hydrogen) atoms. The number of carbonyl (C=O) groups is 1. The van der Waals surface area contributed by atoms with Crippen LogP contribution < -0.4 is 5.32 Å². The number of carbonyl (C=O) groups excluding carboxylic acids is 1. The highest BCUT2D eigenvalue weighted by Gasteiger charge is 2.18. The van der Waals surface area contributed by atoms with Crippen LogP contribution in [0.3, 0.4) is 0 Å². The van der Waals surface area contributed by atoms with Gasteiger partial charge in [-0.1, -0.05) is 35.3 Å². The standard InChI is InChI=1S/C12H13Cl2N3O/c1-17(2)7-11(18)16-10(6-15)8-4-3-5-9(13)12(8)14/h3-5,10H,7H2,1-2H3,(H,16,18)/t10-/m1/s1. The van der Waals surface area contributed by atoms with E-state index in [0.29, 0.717) is 10.6 Å². The lowest BCUT2D eigenvalue weighted by molar-refractivity contribution is -0.122. The van der Waals surface area contributed by atoms with Crippen LogP contribution in [-0.2, 0) is 4.79 Å². The van der Waals surface area contributed by atoms with Gasteiger partial charge in [0.25, 0.3) is 0 Å². The number of likely N-dealkylation sites (N-methyl/N-ethyl adjacent to an activating group) is 1. The Morgan fingerprint density at radius 2 is 2.17 bits per heavy atom. The van der Waals surface area contributed by atoms with E-state index in [1.165, 1.54) is 0 Å². The van der Waals surface area contributed by atoms with Crippen LogP contribution in [0.1, 0.15) is 11.6 Å². The number of benzene rings is 1. The number of hydrogen-bond donors (Lipinski definition) is 1. The van der Waals surface area contributed by atoms with Gasteiger partial charge in [-0.05, 0) is 20.2 Å². The molecule has 0 bridgehead atoms. The van der Waals surface area contributed by atoms with Crippen LogP contribution in [0.2, 0.25) is 10.0 Å². The van der Waals surface area contributed by atoms with Crippen molar-refractivity contribution in [2.45, 2.75) is 6.04 Å². The Morgan fingerprint density at radius 3 is 2.72 bits per heavy atom. The van der Waals surface area contributed by atoms with Crippen molar-refractivity contribution in [2.75, 3.05) is 20.6 Å². The van der Waals surface area contributed by atoms with Gasteiger partial charge in [0.1, 0.15) is 6.04 Å². The molecule has 1 aromatic rings. The highest BCUT2D eigenvalue weighted by molar-refractivity contribution is 6.42. The summed E-state index contributed by atoms with van der Waals surface area (Å²) in [5, 5.41) is 12.3. The first kappa shape index (κ1) is 14.8. The number of rotatable bonds is 4. The minimum absolute atomic E-state index is 0.205. The molecular weight excluding hydrogens is 273 g/mol. The highest BCUT2D eigenvalue weighted by atomic mass is 35.5. The Morgan fingerprint density at radius 1 is 1.50 bits per heavy atom. The molecule has 4 nitrogen and oxygen atoms in total. The van der Waals surface area contributed by atoms with Gasteiger partial charge < -0.3 is 10.2 Å². The molecule has 6 heteroatoms. The van der Waals surface area contributed by atoms with Crippen LogP contribution in [0.5, 0.6) is 0 Å². The van der Waals surface area contributed by atoms with Crippen molar-refractivity contribution in [1.29, 1.82) is 5.26 Å². The molecule has 1 aromatic carbocycles. The van der Waals surface area contributed by atoms with E-state index >= 15 is 0 Å². The van der Waals surface area contributed by atoms with Crippen molar-refractivity contribution in [3.8, 4) is 6.07 Å². The molecule has 0 unspecified atom stereocenters. The lowest BCUT2D eigenvalue weighted by atomic mass is 10.1. The zero-order valence-electron chi connectivity index (χ0n) is 10.1. The SMILES string of the molecule is CN(C)CC(=O)N[C@H](C#N)c1cccc(Cl)c1Cl. The van der Waals surface area contributed by atoms with E-state index in [2.05, 4.69) is 5.32 Å². The first-order valence-corrected chi connectivity index (χ1v) is 5.99. The molecule has 0 radical (unpaired) electrons. The molecular formula is C12H13Cl2N3O. The molecule has 0 aromatic heterocycles. The third-order valence-electron chi connectivity index (χ3n) is 2.19. The molecule has 0 saturated carbocycles. The fraction of sp³-hybridized carbons (Fsp3) is 0.333. The van der Waals surface area contributed by atoms with E-state index in [4.69, 9.17) is 28.5 Å². The van der Waals surface area contributed by atoms with E-state index in [-0.39, 0.29) is 17.5 Å². The third-order valence-corrected chi connectivity index (χ3v) is 3.02. The van der Waals surface area contributed by atoms with Gasteiger partial charge in [-0.3, -0.25) is 4.79 Å². The maximum atomic E-state index is 11.6. The van der Waals surface area contributed by atoms with Crippen molar-refractivity contribution in [2.24, 2.45) is 0 Å².